The smallest absolute Gasteiger partial charge is 0.0551 e. The molecule has 0 heterocycles. The summed E-state index contributed by atoms with van der Waals surface area (Å²) >= 11 is 5.18. The number of allylic oxidation sites excluding steroid dienone is 3. The Morgan fingerprint density at radius 1 is 1.30 bits per heavy atom. The quantitative estimate of drug-likeness (QED) is 0.267. The molecule has 0 aromatic heterocycles. The van der Waals surface area contributed by atoms with Crippen molar-refractivity contribution in [1.29, 1.82) is 0 Å². The van der Waals surface area contributed by atoms with Crippen molar-refractivity contribution < 1.29 is 5.11 Å². The van der Waals surface area contributed by atoms with E-state index in [0.717, 1.165) is 23.2 Å². The highest BCUT2D eigenvalue weighted by Crippen LogP contribution is 2.64. The van der Waals surface area contributed by atoms with E-state index in [-0.39, 0.29) is 16.9 Å². The van der Waals surface area contributed by atoms with Crippen LogP contribution in [0.5, 0.6) is 0 Å². The molecule has 0 aromatic rings. The third kappa shape index (κ3) is 2.98. The topological polar surface area (TPSA) is 20.2 Å². The summed E-state index contributed by atoms with van der Waals surface area (Å²) < 4.78 is 2.34. The molecule has 0 unspecified atom stereocenters. The second-order valence-corrected chi connectivity index (χ2v) is 10.4. The zero-order valence-electron chi connectivity index (χ0n) is 14.5. The van der Waals surface area contributed by atoms with Crippen molar-refractivity contribution in [3.63, 3.8) is 0 Å². The molecule has 130 valence electrons. The van der Waals surface area contributed by atoms with Gasteiger partial charge in [0.1, 0.15) is 0 Å². The lowest BCUT2D eigenvalue weighted by Crippen LogP contribution is -2.57. The predicted octanol–water partition coefficient (Wildman–Crippen LogP) is 5.94. The maximum atomic E-state index is 10.7. The van der Waals surface area contributed by atoms with Gasteiger partial charge in [0.25, 0.3) is 0 Å². The van der Waals surface area contributed by atoms with E-state index in [1.807, 2.05) is 0 Å². The van der Waals surface area contributed by atoms with Gasteiger partial charge in [-0.2, -0.15) is 0 Å². The first-order valence-corrected chi connectivity index (χ1v) is 12.0. The van der Waals surface area contributed by atoms with E-state index in [1.54, 1.807) is 5.57 Å². The Bertz CT molecular complexity index is 516. The van der Waals surface area contributed by atoms with Gasteiger partial charge in [-0.3, -0.25) is 0 Å². The van der Waals surface area contributed by atoms with Gasteiger partial charge in [-0.05, 0) is 66.6 Å². The minimum Gasteiger partial charge on any atom is -0.393 e. The number of hydrogen-bond donors (Lipinski definition) is 1. The minimum atomic E-state index is -0.118. The Hall–Kier alpha value is 0.900. The highest BCUT2D eigenvalue weighted by atomic mass is 127. The Balaban J connectivity index is 2.01. The molecule has 0 saturated heterocycles. The first-order chi connectivity index (χ1) is 10.8. The highest BCUT2D eigenvalue weighted by Gasteiger charge is 2.58. The molecule has 1 N–H and O–H groups in total. The number of hydrogen-bond acceptors (Lipinski definition) is 1. The van der Waals surface area contributed by atoms with E-state index in [9.17, 15) is 5.11 Å². The molecule has 0 radical (unpaired) electrons. The zero-order valence-corrected chi connectivity index (χ0v) is 18.8. The van der Waals surface area contributed by atoms with Crippen LogP contribution in [0.25, 0.3) is 0 Å². The maximum Gasteiger partial charge on any atom is 0.0551 e. The number of alkyl halides is 2. The number of rotatable bonds is 3. The molecule has 0 spiro atoms. The SMILES string of the molecule is C=C[C@@]1(C)CC[C@H]2C(=CC[C@H]3[C@@](C)(CI)C[C@@H](O)C[C@]23CI)C1. The molecular formula is C20H30I2O. The standard InChI is InChI=1S/C20H30I2O/c1-4-18(2)8-7-16-14(9-18)5-6-17-19(3,12-21)10-15(23)11-20(16,17)13-22/h4-5,15-17,23H,1,6-13H2,2-3H3/t15-,16+,17+,18+,19-,20+/m1/s1. The van der Waals surface area contributed by atoms with Crippen molar-refractivity contribution >= 4 is 45.2 Å². The first kappa shape index (κ1) is 18.7. The summed E-state index contributed by atoms with van der Waals surface area (Å²) in [5, 5.41) is 10.7. The van der Waals surface area contributed by atoms with Crippen LogP contribution in [-0.4, -0.2) is 20.1 Å². The van der Waals surface area contributed by atoms with Crippen molar-refractivity contribution in [2.45, 2.75) is 58.5 Å². The van der Waals surface area contributed by atoms with Crippen LogP contribution in [0, 0.1) is 28.1 Å². The fourth-order valence-electron chi connectivity index (χ4n) is 5.97. The van der Waals surface area contributed by atoms with Gasteiger partial charge in [0.05, 0.1) is 6.10 Å². The molecule has 1 nitrogen and oxygen atoms in total. The van der Waals surface area contributed by atoms with Gasteiger partial charge in [-0.25, -0.2) is 0 Å². The van der Waals surface area contributed by atoms with Crippen LogP contribution in [0.15, 0.2) is 24.3 Å². The second-order valence-electron chi connectivity index (χ2n) is 8.91. The van der Waals surface area contributed by atoms with Crippen LogP contribution in [0.1, 0.15) is 52.4 Å². The summed E-state index contributed by atoms with van der Waals surface area (Å²) in [6, 6.07) is 0. The van der Waals surface area contributed by atoms with Crippen LogP contribution >= 0.6 is 45.2 Å². The Morgan fingerprint density at radius 3 is 2.65 bits per heavy atom. The molecule has 3 aliphatic carbocycles. The molecule has 3 heteroatoms. The lowest BCUT2D eigenvalue weighted by atomic mass is 9.45. The van der Waals surface area contributed by atoms with Gasteiger partial charge >= 0.3 is 0 Å². The molecule has 2 saturated carbocycles. The van der Waals surface area contributed by atoms with E-state index in [4.69, 9.17) is 0 Å². The minimum absolute atomic E-state index is 0.118. The molecule has 0 aliphatic heterocycles. The van der Waals surface area contributed by atoms with Crippen LogP contribution in [0.2, 0.25) is 0 Å². The number of aliphatic hydroxyl groups is 1. The Labute approximate surface area is 169 Å². The fourth-order valence-corrected chi connectivity index (χ4v) is 8.19. The maximum absolute atomic E-state index is 10.7. The third-order valence-electron chi connectivity index (χ3n) is 7.27. The van der Waals surface area contributed by atoms with Gasteiger partial charge in [-0.15, -0.1) is 6.58 Å². The van der Waals surface area contributed by atoms with E-state index in [1.165, 1.54) is 30.1 Å². The van der Waals surface area contributed by atoms with E-state index >= 15 is 0 Å². The lowest BCUT2D eigenvalue weighted by molar-refractivity contribution is -0.0935. The first-order valence-electron chi connectivity index (χ1n) is 8.95. The van der Waals surface area contributed by atoms with E-state index in [2.05, 4.69) is 77.8 Å². The molecule has 0 amide bonds. The van der Waals surface area contributed by atoms with Crippen molar-refractivity contribution in [2.75, 3.05) is 8.86 Å². The van der Waals surface area contributed by atoms with Gasteiger partial charge in [0.15, 0.2) is 0 Å². The molecule has 0 aromatic carbocycles. The van der Waals surface area contributed by atoms with E-state index in [0.29, 0.717) is 11.3 Å². The van der Waals surface area contributed by atoms with Gasteiger partial charge in [0.2, 0.25) is 0 Å². The molecule has 3 rings (SSSR count). The summed E-state index contributed by atoms with van der Waals surface area (Å²) in [5.74, 6) is 1.41. The Kier molecular flexibility index (Phi) is 5.33. The molecule has 0 bridgehead atoms. The second kappa shape index (κ2) is 6.57. The monoisotopic (exact) mass is 540 g/mol. The Morgan fingerprint density at radius 2 is 2.04 bits per heavy atom. The fraction of sp³-hybridized carbons (Fsp3) is 0.800. The van der Waals surface area contributed by atoms with Crippen molar-refractivity contribution in [2.24, 2.45) is 28.1 Å². The van der Waals surface area contributed by atoms with Crippen LogP contribution in [-0.2, 0) is 0 Å². The van der Waals surface area contributed by atoms with E-state index < -0.39 is 0 Å². The van der Waals surface area contributed by atoms with Crippen LogP contribution < -0.4 is 0 Å². The third-order valence-corrected chi connectivity index (χ3v) is 10.4. The predicted molar refractivity (Wildman–Crippen MR) is 115 cm³/mol. The van der Waals surface area contributed by atoms with Gasteiger partial charge in [-0.1, -0.05) is 76.8 Å². The average Bonchev–Trinajstić information content (AvgIpc) is 2.53. The van der Waals surface area contributed by atoms with Crippen LogP contribution in [0.3, 0.4) is 0 Å². The highest BCUT2D eigenvalue weighted by molar-refractivity contribution is 14.1. The number of halogens is 2. The molecule has 23 heavy (non-hydrogen) atoms. The lowest BCUT2D eigenvalue weighted by Gasteiger charge is -2.61. The normalized spacial score (nSPS) is 49.8. The van der Waals surface area contributed by atoms with Crippen molar-refractivity contribution in [1.82, 2.24) is 0 Å². The summed E-state index contributed by atoms with van der Waals surface area (Å²) in [5.41, 5.74) is 2.55. The molecule has 3 aliphatic rings. The zero-order chi connectivity index (χ0) is 16.9. The van der Waals surface area contributed by atoms with Gasteiger partial charge < -0.3 is 5.11 Å². The van der Waals surface area contributed by atoms with Crippen molar-refractivity contribution in [3.05, 3.63) is 24.3 Å². The van der Waals surface area contributed by atoms with Crippen molar-refractivity contribution in [3.8, 4) is 0 Å². The summed E-state index contributed by atoms with van der Waals surface area (Å²) in [6.07, 6.45) is 11.6. The van der Waals surface area contributed by atoms with Crippen LogP contribution in [0.4, 0.5) is 0 Å². The number of fused-ring (bicyclic) bond motifs is 3. The summed E-state index contributed by atoms with van der Waals surface area (Å²) in [4.78, 5) is 0. The average molecular weight is 540 g/mol. The number of aliphatic hydroxyl groups excluding tert-OH is 1. The molecule has 2 fully saturated rings. The van der Waals surface area contributed by atoms with Gasteiger partial charge in [0, 0.05) is 8.86 Å². The largest absolute Gasteiger partial charge is 0.393 e. The summed E-state index contributed by atoms with van der Waals surface area (Å²) in [7, 11) is 0. The molecular weight excluding hydrogens is 510 g/mol. The molecule has 6 atom stereocenters. The summed E-state index contributed by atoms with van der Waals surface area (Å²) in [6.45, 7) is 8.89.